The summed E-state index contributed by atoms with van der Waals surface area (Å²) < 4.78 is 5.09. The number of carbonyl (C=O) groups excluding carboxylic acids is 2. The summed E-state index contributed by atoms with van der Waals surface area (Å²) in [6.45, 7) is 6.01. The van der Waals surface area contributed by atoms with Crippen molar-refractivity contribution in [2.75, 3.05) is 6.61 Å². The molecule has 0 radical (unpaired) electrons. The van der Waals surface area contributed by atoms with Gasteiger partial charge in [-0.1, -0.05) is 25.5 Å². The Hall–Kier alpha value is -1.32. The van der Waals surface area contributed by atoms with Crippen molar-refractivity contribution in [3.05, 3.63) is 11.6 Å². The fraction of sp³-hybridized carbons (Fsp3) is 0.733. The van der Waals surface area contributed by atoms with Gasteiger partial charge in [0.1, 0.15) is 6.04 Å². The second-order valence-electron chi connectivity index (χ2n) is 5.60. The van der Waals surface area contributed by atoms with Crippen LogP contribution in [0.1, 0.15) is 52.9 Å². The SMILES string of the molecule is CC(C)COC(=O)C(C)NC(=O)CC1=CCCCC1. The largest absolute Gasteiger partial charge is 0.464 e. The molecule has 1 N–H and O–H groups in total. The topological polar surface area (TPSA) is 55.4 Å². The average Bonchev–Trinajstić information content (AvgIpc) is 2.36. The van der Waals surface area contributed by atoms with E-state index in [1.54, 1.807) is 6.92 Å². The summed E-state index contributed by atoms with van der Waals surface area (Å²) in [4.78, 5) is 23.4. The van der Waals surface area contributed by atoms with Crippen LogP contribution < -0.4 is 5.32 Å². The number of hydrogen-bond donors (Lipinski definition) is 1. The lowest BCUT2D eigenvalue weighted by Gasteiger charge is -2.16. The maximum absolute atomic E-state index is 11.8. The Morgan fingerprint density at radius 2 is 2.05 bits per heavy atom. The first-order chi connectivity index (χ1) is 8.99. The molecule has 0 aromatic heterocycles. The quantitative estimate of drug-likeness (QED) is 0.594. The Balaban J connectivity index is 2.30. The van der Waals surface area contributed by atoms with Crippen LogP contribution in [0.3, 0.4) is 0 Å². The van der Waals surface area contributed by atoms with Crippen LogP contribution in [-0.4, -0.2) is 24.5 Å². The lowest BCUT2D eigenvalue weighted by molar-refractivity contribution is -0.148. The Labute approximate surface area is 115 Å². The van der Waals surface area contributed by atoms with Crippen LogP contribution in [0, 0.1) is 5.92 Å². The van der Waals surface area contributed by atoms with E-state index in [9.17, 15) is 9.59 Å². The molecule has 0 heterocycles. The number of rotatable bonds is 6. The fourth-order valence-electron chi connectivity index (χ4n) is 2.00. The second kappa shape index (κ2) is 7.97. The molecule has 0 spiro atoms. The number of nitrogens with one attached hydrogen (secondary N) is 1. The van der Waals surface area contributed by atoms with Crippen LogP contribution in [0.4, 0.5) is 0 Å². The van der Waals surface area contributed by atoms with E-state index in [1.807, 2.05) is 13.8 Å². The number of carbonyl (C=O) groups is 2. The number of hydrogen-bond acceptors (Lipinski definition) is 3. The molecule has 1 amide bonds. The summed E-state index contributed by atoms with van der Waals surface area (Å²) in [7, 11) is 0. The monoisotopic (exact) mass is 267 g/mol. The van der Waals surface area contributed by atoms with Gasteiger partial charge in [0.25, 0.3) is 0 Å². The molecular weight excluding hydrogens is 242 g/mol. The van der Waals surface area contributed by atoms with Crippen LogP contribution in [-0.2, 0) is 14.3 Å². The Morgan fingerprint density at radius 3 is 2.63 bits per heavy atom. The molecule has 19 heavy (non-hydrogen) atoms. The average molecular weight is 267 g/mol. The number of esters is 1. The van der Waals surface area contributed by atoms with E-state index in [2.05, 4.69) is 11.4 Å². The van der Waals surface area contributed by atoms with Crippen LogP contribution in [0.25, 0.3) is 0 Å². The minimum atomic E-state index is -0.574. The fourth-order valence-corrected chi connectivity index (χ4v) is 2.00. The molecule has 0 aromatic rings. The Bertz CT molecular complexity index is 347. The lowest BCUT2D eigenvalue weighted by atomic mass is 9.97. The van der Waals surface area contributed by atoms with Crippen molar-refractivity contribution in [1.82, 2.24) is 5.32 Å². The van der Waals surface area contributed by atoms with Gasteiger partial charge < -0.3 is 10.1 Å². The zero-order chi connectivity index (χ0) is 14.3. The molecule has 1 aliphatic rings. The smallest absolute Gasteiger partial charge is 0.328 e. The first-order valence-electron chi connectivity index (χ1n) is 7.13. The predicted molar refractivity (Wildman–Crippen MR) is 74.6 cm³/mol. The van der Waals surface area contributed by atoms with Crippen molar-refractivity contribution in [2.24, 2.45) is 5.92 Å². The third-order valence-electron chi connectivity index (χ3n) is 3.06. The van der Waals surface area contributed by atoms with Gasteiger partial charge in [-0.05, 0) is 38.5 Å². The minimum absolute atomic E-state index is 0.0952. The van der Waals surface area contributed by atoms with Gasteiger partial charge >= 0.3 is 5.97 Å². The van der Waals surface area contributed by atoms with Crippen LogP contribution in [0.15, 0.2) is 11.6 Å². The molecule has 0 bridgehead atoms. The molecular formula is C15H25NO3. The molecule has 0 saturated carbocycles. The molecule has 0 aliphatic heterocycles. The van der Waals surface area contributed by atoms with Gasteiger partial charge in [-0.3, -0.25) is 4.79 Å². The lowest BCUT2D eigenvalue weighted by Crippen LogP contribution is -2.40. The first-order valence-corrected chi connectivity index (χ1v) is 7.13. The summed E-state index contributed by atoms with van der Waals surface area (Å²) >= 11 is 0. The first kappa shape index (κ1) is 15.7. The maximum atomic E-state index is 11.8. The van der Waals surface area contributed by atoms with Crippen molar-refractivity contribution in [1.29, 1.82) is 0 Å². The van der Waals surface area contributed by atoms with Gasteiger partial charge in [-0.15, -0.1) is 0 Å². The zero-order valence-electron chi connectivity index (χ0n) is 12.2. The molecule has 0 fully saturated rings. The third kappa shape index (κ3) is 6.41. The van der Waals surface area contributed by atoms with Gasteiger partial charge in [0.05, 0.1) is 6.61 Å². The molecule has 0 aromatic carbocycles. The Morgan fingerprint density at radius 1 is 1.32 bits per heavy atom. The minimum Gasteiger partial charge on any atom is -0.464 e. The highest BCUT2D eigenvalue weighted by Gasteiger charge is 2.18. The normalized spacial score (nSPS) is 16.7. The third-order valence-corrected chi connectivity index (χ3v) is 3.06. The van der Waals surface area contributed by atoms with E-state index in [4.69, 9.17) is 4.74 Å². The van der Waals surface area contributed by atoms with Crippen LogP contribution in [0.2, 0.25) is 0 Å². The standard InChI is InChI=1S/C15H25NO3/c1-11(2)10-19-15(18)12(3)16-14(17)9-13-7-5-4-6-8-13/h7,11-12H,4-6,8-10H2,1-3H3,(H,16,17). The predicted octanol–water partition coefficient (Wildman–Crippen LogP) is 2.58. The van der Waals surface area contributed by atoms with Crippen molar-refractivity contribution in [3.8, 4) is 0 Å². The van der Waals surface area contributed by atoms with E-state index in [-0.39, 0.29) is 11.9 Å². The Kier molecular flexibility index (Phi) is 6.60. The van der Waals surface area contributed by atoms with Gasteiger partial charge in [0.2, 0.25) is 5.91 Å². The molecule has 4 nitrogen and oxygen atoms in total. The molecule has 1 unspecified atom stereocenters. The summed E-state index contributed by atoms with van der Waals surface area (Å²) in [5.41, 5.74) is 1.19. The summed E-state index contributed by atoms with van der Waals surface area (Å²) in [6, 6.07) is -0.574. The maximum Gasteiger partial charge on any atom is 0.328 e. The zero-order valence-corrected chi connectivity index (χ0v) is 12.2. The van der Waals surface area contributed by atoms with Gasteiger partial charge in [-0.2, -0.15) is 0 Å². The second-order valence-corrected chi connectivity index (χ2v) is 5.60. The molecule has 108 valence electrons. The molecule has 1 atom stereocenters. The van der Waals surface area contributed by atoms with Gasteiger partial charge in [0.15, 0.2) is 0 Å². The van der Waals surface area contributed by atoms with Crippen molar-refractivity contribution in [2.45, 2.75) is 58.9 Å². The highest BCUT2D eigenvalue weighted by molar-refractivity contribution is 5.85. The van der Waals surface area contributed by atoms with E-state index in [0.29, 0.717) is 18.9 Å². The van der Waals surface area contributed by atoms with E-state index >= 15 is 0 Å². The molecule has 0 saturated heterocycles. The number of amides is 1. The van der Waals surface area contributed by atoms with Crippen molar-refractivity contribution in [3.63, 3.8) is 0 Å². The van der Waals surface area contributed by atoms with E-state index in [1.165, 1.54) is 12.0 Å². The number of allylic oxidation sites excluding steroid dienone is 1. The van der Waals surface area contributed by atoms with Crippen molar-refractivity contribution < 1.29 is 14.3 Å². The highest BCUT2D eigenvalue weighted by Crippen LogP contribution is 2.19. The summed E-state index contributed by atoms with van der Waals surface area (Å²) in [5, 5.41) is 2.70. The van der Waals surface area contributed by atoms with Crippen LogP contribution >= 0.6 is 0 Å². The molecule has 4 heteroatoms. The summed E-state index contributed by atoms with van der Waals surface area (Å²) in [6.07, 6.45) is 6.98. The van der Waals surface area contributed by atoms with Gasteiger partial charge in [0, 0.05) is 6.42 Å². The van der Waals surface area contributed by atoms with E-state index < -0.39 is 6.04 Å². The number of ether oxygens (including phenoxy) is 1. The molecule has 1 aliphatic carbocycles. The van der Waals surface area contributed by atoms with E-state index in [0.717, 1.165) is 19.3 Å². The van der Waals surface area contributed by atoms with Crippen LogP contribution in [0.5, 0.6) is 0 Å². The van der Waals surface area contributed by atoms with Gasteiger partial charge in [-0.25, -0.2) is 4.79 Å². The summed E-state index contributed by atoms with van der Waals surface area (Å²) in [5.74, 6) is -0.152. The molecule has 1 rings (SSSR count). The highest BCUT2D eigenvalue weighted by atomic mass is 16.5. The van der Waals surface area contributed by atoms with Crippen molar-refractivity contribution >= 4 is 11.9 Å².